The van der Waals surface area contributed by atoms with Crippen molar-refractivity contribution in [2.45, 2.75) is 26.4 Å². The molecule has 1 unspecified atom stereocenters. The van der Waals surface area contributed by atoms with E-state index in [1.807, 2.05) is 42.9 Å². The summed E-state index contributed by atoms with van der Waals surface area (Å²) in [4.78, 5) is 15.0. The molecule has 21 heavy (non-hydrogen) atoms. The number of nitrogens with zero attached hydrogens (tertiary/aromatic N) is 6. The second-order valence-electron chi connectivity index (χ2n) is 4.98. The van der Waals surface area contributed by atoms with Gasteiger partial charge in [0.1, 0.15) is 0 Å². The van der Waals surface area contributed by atoms with Crippen LogP contribution in [0.3, 0.4) is 0 Å². The van der Waals surface area contributed by atoms with Gasteiger partial charge in [0, 0.05) is 39.1 Å². The first-order chi connectivity index (χ1) is 10.1. The zero-order valence-corrected chi connectivity index (χ0v) is 12.9. The maximum absolute atomic E-state index is 4.41. The molecule has 8 nitrogen and oxygen atoms in total. The zero-order chi connectivity index (χ0) is 15.2. The Labute approximate surface area is 124 Å². The van der Waals surface area contributed by atoms with Crippen LogP contribution in [0.4, 0.5) is 17.8 Å². The van der Waals surface area contributed by atoms with Crippen molar-refractivity contribution in [2.24, 2.45) is 0 Å². The van der Waals surface area contributed by atoms with Crippen molar-refractivity contribution >= 4 is 17.8 Å². The minimum atomic E-state index is 0.150. The predicted octanol–water partition coefficient (Wildman–Crippen LogP) is 1.07. The molecule has 0 spiro atoms. The van der Waals surface area contributed by atoms with Crippen molar-refractivity contribution in [1.29, 1.82) is 0 Å². The highest BCUT2D eigenvalue weighted by atomic mass is 15.3. The minimum Gasteiger partial charge on any atom is -0.354 e. The van der Waals surface area contributed by atoms with E-state index in [9.17, 15) is 0 Å². The van der Waals surface area contributed by atoms with Crippen LogP contribution in [0.5, 0.6) is 0 Å². The SMILES string of the molecule is CCNc1nc(NC(C)Cn2cccn2)nc(N(C)C)n1. The molecule has 2 aromatic rings. The number of nitrogens with one attached hydrogen (secondary N) is 2. The number of hydrogen-bond acceptors (Lipinski definition) is 7. The molecule has 0 fully saturated rings. The molecule has 0 amide bonds. The number of hydrogen-bond donors (Lipinski definition) is 2. The molecular formula is C13H22N8. The van der Waals surface area contributed by atoms with Crippen molar-refractivity contribution in [3.63, 3.8) is 0 Å². The molecule has 2 rings (SSSR count). The molecule has 2 N–H and O–H groups in total. The zero-order valence-electron chi connectivity index (χ0n) is 12.9. The topological polar surface area (TPSA) is 83.8 Å². The Bertz CT molecular complexity index is 551. The highest BCUT2D eigenvalue weighted by Crippen LogP contribution is 2.12. The molecule has 1 atom stereocenters. The van der Waals surface area contributed by atoms with Gasteiger partial charge in [-0.3, -0.25) is 4.68 Å². The summed E-state index contributed by atoms with van der Waals surface area (Å²) >= 11 is 0. The van der Waals surface area contributed by atoms with Crippen molar-refractivity contribution in [1.82, 2.24) is 24.7 Å². The molecule has 114 valence electrons. The van der Waals surface area contributed by atoms with Crippen molar-refractivity contribution in [3.8, 4) is 0 Å². The summed E-state index contributed by atoms with van der Waals surface area (Å²) < 4.78 is 1.87. The van der Waals surface area contributed by atoms with Crippen LogP contribution in [0, 0.1) is 0 Å². The summed E-state index contributed by atoms with van der Waals surface area (Å²) in [5, 5.41) is 10.6. The summed E-state index contributed by atoms with van der Waals surface area (Å²) in [7, 11) is 3.81. The number of aromatic nitrogens is 5. The maximum atomic E-state index is 4.41. The van der Waals surface area contributed by atoms with Gasteiger partial charge in [-0.1, -0.05) is 0 Å². The smallest absolute Gasteiger partial charge is 0.231 e. The van der Waals surface area contributed by atoms with Crippen LogP contribution in [-0.4, -0.2) is 51.4 Å². The number of anilines is 3. The van der Waals surface area contributed by atoms with E-state index in [2.05, 4.69) is 37.6 Å². The third-order valence-corrected chi connectivity index (χ3v) is 2.75. The molecule has 0 saturated carbocycles. The van der Waals surface area contributed by atoms with Gasteiger partial charge in [-0.05, 0) is 19.9 Å². The molecule has 8 heteroatoms. The largest absolute Gasteiger partial charge is 0.354 e. The van der Waals surface area contributed by atoms with E-state index in [0.717, 1.165) is 13.1 Å². The van der Waals surface area contributed by atoms with Gasteiger partial charge in [0.2, 0.25) is 17.8 Å². The van der Waals surface area contributed by atoms with Gasteiger partial charge in [-0.2, -0.15) is 20.1 Å². The summed E-state index contributed by atoms with van der Waals surface area (Å²) in [5.74, 6) is 1.75. The minimum absolute atomic E-state index is 0.150. The van der Waals surface area contributed by atoms with Gasteiger partial charge in [-0.15, -0.1) is 0 Å². The van der Waals surface area contributed by atoms with E-state index < -0.39 is 0 Å². The van der Waals surface area contributed by atoms with Crippen molar-refractivity contribution in [3.05, 3.63) is 18.5 Å². The predicted molar refractivity (Wildman–Crippen MR) is 83.6 cm³/mol. The van der Waals surface area contributed by atoms with E-state index in [0.29, 0.717) is 17.8 Å². The van der Waals surface area contributed by atoms with Gasteiger partial charge in [0.25, 0.3) is 0 Å². The molecule has 0 aromatic carbocycles. The average molecular weight is 290 g/mol. The molecular weight excluding hydrogens is 268 g/mol. The highest BCUT2D eigenvalue weighted by Gasteiger charge is 2.10. The molecule has 0 aliphatic carbocycles. The lowest BCUT2D eigenvalue weighted by molar-refractivity contribution is 0.558. The van der Waals surface area contributed by atoms with Gasteiger partial charge in [-0.25, -0.2) is 0 Å². The molecule has 0 radical (unpaired) electrons. The Hall–Kier alpha value is -2.38. The lowest BCUT2D eigenvalue weighted by atomic mass is 10.3. The molecule has 2 heterocycles. The maximum Gasteiger partial charge on any atom is 0.231 e. The normalized spacial score (nSPS) is 12.0. The fraction of sp³-hybridized carbons (Fsp3) is 0.538. The fourth-order valence-electron chi connectivity index (χ4n) is 1.82. The van der Waals surface area contributed by atoms with E-state index in [-0.39, 0.29) is 6.04 Å². The highest BCUT2D eigenvalue weighted by molar-refractivity contribution is 5.43. The van der Waals surface area contributed by atoms with Crippen molar-refractivity contribution in [2.75, 3.05) is 36.2 Å². The quantitative estimate of drug-likeness (QED) is 0.789. The second-order valence-corrected chi connectivity index (χ2v) is 4.98. The van der Waals surface area contributed by atoms with E-state index >= 15 is 0 Å². The Morgan fingerprint density at radius 2 is 2.00 bits per heavy atom. The Morgan fingerprint density at radius 3 is 2.62 bits per heavy atom. The van der Waals surface area contributed by atoms with Crippen molar-refractivity contribution < 1.29 is 0 Å². The van der Waals surface area contributed by atoms with Gasteiger partial charge < -0.3 is 15.5 Å². The van der Waals surface area contributed by atoms with E-state index in [1.165, 1.54) is 0 Å². The van der Waals surface area contributed by atoms with Crippen LogP contribution in [0.15, 0.2) is 18.5 Å². The molecule has 0 bridgehead atoms. The molecule has 0 aliphatic heterocycles. The van der Waals surface area contributed by atoms with Crippen LogP contribution in [0.25, 0.3) is 0 Å². The summed E-state index contributed by atoms with van der Waals surface area (Å²) in [6, 6.07) is 2.06. The van der Waals surface area contributed by atoms with E-state index in [4.69, 9.17) is 0 Å². The van der Waals surface area contributed by atoms with Crippen LogP contribution in [0.1, 0.15) is 13.8 Å². The van der Waals surface area contributed by atoms with Gasteiger partial charge in [0.15, 0.2) is 0 Å². The fourth-order valence-corrected chi connectivity index (χ4v) is 1.82. The molecule has 0 aliphatic rings. The number of rotatable bonds is 7. The Balaban J connectivity index is 2.10. The monoisotopic (exact) mass is 290 g/mol. The first-order valence-corrected chi connectivity index (χ1v) is 6.99. The van der Waals surface area contributed by atoms with E-state index in [1.54, 1.807) is 6.20 Å². The second kappa shape index (κ2) is 6.87. The molecule has 2 aromatic heterocycles. The van der Waals surface area contributed by atoms with Gasteiger partial charge >= 0.3 is 0 Å². The van der Waals surface area contributed by atoms with Gasteiger partial charge in [0.05, 0.1) is 6.54 Å². The first-order valence-electron chi connectivity index (χ1n) is 6.99. The lowest BCUT2D eigenvalue weighted by Gasteiger charge is -2.17. The summed E-state index contributed by atoms with van der Waals surface area (Å²) in [6.45, 7) is 5.58. The Morgan fingerprint density at radius 1 is 1.24 bits per heavy atom. The summed E-state index contributed by atoms with van der Waals surface area (Å²) in [6.07, 6.45) is 3.70. The average Bonchev–Trinajstić information content (AvgIpc) is 2.91. The third-order valence-electron chi connectivity index (χ3n) is 2.75. The van der Waals surface area contributed by atoms with Crippen LogP contribution < -0.4 is 15.5 Å². The molecule has 0 saturated heterocycles. The van der Waals surface area contributed by atoms with Crippen LogP contribution in [-0.2, 0) is 6.54 Å². The third kappa shape index (κ3) is 4.30. The standard InChI is InChI=1S/C13H22N8/c1-5-14-11-17-12(19-13(18-11)20(3)4)16-10(2)9-21-8-6-7-15-21/h6-8,10H,5,9H2,1-4H3,(H2,14,16,17,18,19). The lowest BCUT2D eigenvalue weighted by Crippen LogP contribution is -2.25. The summed E-state index contributed by atoms with van der Waals surface area (Å²) in [5.41, 5.74) is 0. The Kier molecular flexibility index (Phi) is 4.91. The first kappa shape index (κ1) is 15.0. The van der Waals surface area contributed by atoms with Crippen LogP contribution in [0.2, 0.25) is 0 Å². The van der Waals surface area contributed by atoms with Crippen LogP contribution >= 0.6 is 0 Å².